The molecule has 0 aliphatic rings. The van der Waals surface area contributed by atoms with Gasteiger partial charge in [-0.2, -0.15) is 5.26 Å². The van der Waals surface area contributed by atoms with Crippen LogP contribution in [0.4, 0.5) is 0 Å². The highest BCUT2D eigenvalue weighted by atomic mass is 16.5. The Morgan fingerprint density at radius 2 is 2.10 bits per heavy atom. The van der Waals surface area contributed by atoms with Gasteiger partial charge < -0.3 is 9.47 Å². The molecule has 1 heterocycles. The van der Waals surface area contributed by atoms with Crippen LogP contribution in [0, 0.1) is 11.3 Å². The third-order valence-corrected chi connectivity index (χ3v) is 2.65. The Hall–Kier alpha value is -2.87. The van der Waals surface area contributed by atoms with Gasteiger partial charge in [0.2, 0.25) is 5.88 Å². The van der Waals surface area contributed by atoms with Gasteiger partial charge in [-0.1, -0.05) is 0 Å². The molecule has 1 aromatic carbocycles. The minimum absolute atomic E-state index is 0.138. The standard InChI is InChI=1S/C15H12N2O3/c1-10(18)12-4-3-7-17-15(12)20-13-6-5-11(9-16)8-14(13)19-2/h3-8H,1-2H3. The second kappa shape index (κ2) is 5.85. The van der Waals surface area contributed by atoms with Gasteiger partial charge in [-0.05, 0) is 31.2 Å². The quantitative estimate of drug-likeness (QED) is 0.797. The number of carbonyl (C=O) groups is 1. The van der Waals surface area contributed by atoms with Crippen molar-refractivity contribution < 1.29 is 14.3 Å². The number of methoxy groups -OCH3 is 1. The van der Waals surface area contributed by atoms with Gasteiger partial charge in [0, 0.05) is 12.3 Å². The number of nitriles is 1. The summed E-state index contributed by atoms with van der Waals surface area (Å²) < 4.78 is 10.8. The van der Waals surface area contributed by atoms with Gasteiger partial charge in [-0.15, -0.1) is 0 Å². The number of aromatic nitrogens is 1. The monoisotopic (exact) mass is 268 g/mol. The third kappa shape index (κ3) is 2.75. The van der Waals surface area contributed by atoms with E-state index >= 15 is 0 Å². The summed E-state index contributed by atoms with van der Waals surface area (Å²) >= 11 is 0. The predicted molar refractivity (Wildman–Crippen MR) is 72.0 cm³/mol. The van der Waals surface area contributed by atoms with E-state index in [-0.39, 0.29) is 11.7 Å². The van der Waals surface area contributed by atoms with E-state index < -0.39 is 0 Å². The summed E-state index contributed by atoms with van der Waals surface area (Å²) in [5.41, 5.74) is 0.848. The summed E-state index contributed by atoms with van der Waals surface area (Å²) in [6, 6.07) is 10.1. The van der Waals surface area contributed by atoms with E-state index in [0.717, 1.165) is 0 Å². The fraction of sp³-hybridized carbons (Fsp3) is 0.133. The normalized spacial score (nSPS) is 9.65. The first-order valence-corrected chi connectivity index (χ1v) is 5.87. The molecule has 2 aromatic rings. The van der Waals surface area contributed by atoms with Crippen LogP contribution in [0.5, 0.6) is 17.4 Å². The second-order valence-electron chi connectivity index (χ2n) is 3.99. The van der Waals surface area contributed by atoms with Crippen LogP contribution in [0.25, 0.3) is 0 Å². The smallest absolute Gasteiger partial charge is 0.230 e. The van der Waals surface area contributed by atoms with Crippen molar-refractivity contribution in [2.75, 3.05) is 7.11 Å². The second-order valence-corrected chi connectivity index (χ2v) is 3.99. The lowest BCUT2D eigenvalue weighted by molar-refractivity contribution is 0.101. The first-order valence-electron chi connectivity index (χ1n) is 5.87. The Labute approximate surface area is 116 Å². The maximum atomic E-state index is 11.5. The van der Waals surface area contributed by atoms with Gasteiger partial charge in [0.25, 0.3) is 0 Å². The van der Waals surface area contributed by atoms with Gasteiger partial charge in [0.05, 0.1) is 24.3 Å². The number of rotatable bonds is 4. The van der Waals surface area contributed by atoms with E-state index in [1.54, 1.807) is 30.3 Å². The highest BCUT2D eigenvalue weighted by Crippen LogP contribution is 2.32. The minimum atomic E-state index is -0.138. The van der Waals surface area contributed by atoms with Crippen LogP contribution in [-0.4, -0.2) is 17.9 Å². The molecule has 5 nitrogen and oxygen atoms in total. The van der Waals surface area contributed by atoms with Gasteiger partial charge in [0.1, 0.15) is 0 Å². The van der Waals surface area contributed by atoms with Crippen LogP contribution in [0.1, 0.15) is 22.8 Å². The largest absolute Gasteiger partial charge is 0.493 e. The van der Waals surface area contributed by atoms with E-state index in [0.29, 0.717) is 22.6 Å². The predicted octanol–water partition coefficient (Wildman–Crippen LogP) is 2.96. The van der Waals surface area contributed by atoms with Crippen molar-refractivity contribution >= 4 is 5.78 Å². The first kappa shape index (κ1) is 13.6. The SMILES string of the molecule is COc1cc(C#N)ccc1Oc1ncccc1C(C)=O. The number of hydrogen-bond acceptors (Lipinski definition) is 5. The Balaban J connectivity index is 2.40. The highest BCUT2D eigenvalue weighted by molar-refractivity contribution is 5.96. The molecular formula is C15H12N2O3. The summed E-state index contributed by atoms with van der Waals surface area (Å²) in [7, 11) is 1.48. The van der Waals surface area contributed by atoms with E-state index in [4.69, 9.17) is 14.7 Å². The summed E-state index contributed by atoms with van der Waals surface area (Å²) in [5, 5.41) is 8.85. The Bertz CT molecular complexity index is 690. The topological polar surface area (TPSA) is 72.2 Å². The molecule has 0 aliphatic carbocycles. The molecule has 0 atom stereocenters. The zero-order valence-electron chi connectivity index (χ0n) is 11.1. The Kier molecular flexibility index (Phi) is 3.96. The average molecular weight is 268 g/mol. The van der Waals surface area contributed by atoms with Crippen LogP contribution >= 0.6 is 0 Å². The number of Topliss-reactive ketones (excluding diaryl/α,β-unsaturated/α-hetero) is 1. The number of carbonyl (C=O) groups excluding carboxylic acids is 1. The van der Waals surface area contributed by atoms with Crippen molar-refractivity contribution in [2.24, 2.45) is 0 Å². The van der Waals surface area contributed by atoms with Gasteiger partial charge in [-0.25, -0.2) is 4.98 Å². The lowest BCUT2D eigenvalue weighted by Crippen LogP contribution is -2.00. The van der Waals surface area contributed by atoms with E-state index in [9.17, 15) is 4.79 Å². The molecule has 0 aliphatic heterocycles. The molecule has 0 N–H and O–H groups in total. The highest BCUT2D eigenvalue weighted by Gasteiger charge is 2.13. The molecular weight excluding hydrogens is 256 g/mol. The number of benzene rings is 1. The molecule has 100 valence electrons. The molecule has 5 heteroatoms. The van der Waals surface area contributed by atoms with Crippen LogP contribution in [0.2, 0.25) is 0 Å². The Morgan fingerprint density at radius 1 is 1.30 bits per heavy atom. The molecule has 0 bridgehead atoms. The van der Waals surface area contributed by atoms with Gasteiger partial charge in [-0.3, -0.25) is 4.79 Å². The summed E-state index contributed by atoms with van der Waals surface area (Å²) in [6.45, 7) is 1.44. The molecule has 1 aromatic heterocycles. The van der Waals surface area contributed by atoms with Crippen LogP contribution in [-0.2, 0) is 0 Å². The molecule has 0 fully saturated rings. The number of hydrogen-bond donors (Lipinski definition) is 0. The number of pyridine rings is 1. The Morgan fingerprint density at radius 3 is 2.75 bits per heavy atom. The van der Waals surface area contributed by atoms with Crippen molar-refractivity contribution in [2.45, 2.75) is 6.92 Å². The molecule has 2 rings (SSSR count). The van der Waals surface area contributed by atoms with Crippen LogP contribution in [0.15, 0.2) is 36.5 Å². The lowest BCUT2D eigenvalue weighted by atomic mass is 10.2. The van der Waals surface area contributed by atoms with Gasteiger partial charge in [0.15, 0.2) is 17.3 Å². The molecule has 0 unspecified atom stereocenters. The van der Waals surface area contributed by atoms with Crippen molar-refractivity contribution in [3.05, 3.63) is 47.7 Å². The summed E-state index contributed by atoms with van der Waals surface area (Å²) in [4.78, 5) is 15.6. The van der Waals surface area contributed by atoms with Crippen molar-refractivity contribution in [1.82, 2.24) is 4.98 Å². The average Bonchev–Trinajstić information content (AvgIpc) is 2.48. The van der Waals surface area contributed by atoms with E-state index in [2.05, 4.69) is 4.98 Å². The number of nitrogens with zero attached hydrogens (tertiary/aromatic N) is 2. The zero-order valence-corrected chi connectivity index (χ0v) is 11.1. The molecule has 0 saturated heterocycles. The van der Waals surface area contributed by atoms with Crippen molar-refractivity contribution in [3.8, 4) is 23.4 Å². The summed E-state index contributed by atoms with van der Waals surface area (Å²) in [6.07, 6.45) is 1.54. The van der Waals surface area contributed by atoms with E-state index in [1.165, 1.54) is 20.2 Å². The van der Waals surface area contributed by atoms with Crippen molar-refractivity contribution in [1.29, 1.82) is 5.26 Å². The molecule has 0 saturated carbocycles. The summed E-state index contributed by atoms with van der Waals surface area (Å²) in [5.74, 6) is 0.876. The van der Waals surface area contributed by atoms with Crippen molar-refractivity contribution in [3.63, 3.8) is 0 Å². The molecule has 0 spiro atoms. The lowest BCUT2D eigenvalue weighted by Gasteiger charge is -2.11. The maximum Gasteiger partial charge on any atom is 0.230 e. The first-order chi connectivity index (χ1) is 9.65. The molecule has 0 amide bonds. The van der Waals surface area contributed by atoms with Gasteiger partial charge >= 0.3 is 0 Å². The third-order valence-electron chi connectivity index (χ3n) is 2.65. The van der Waals surface area contributed by atoms with Crippen LogP contribution in [0.3, 0.4) is 0 Å². The minimum Gasteiger partial charge on any atom is -0.493 e. The fourth-order valence-electron chi connectivity index (χ4n) is 1.67. The number of ketones is 1. The van der Waals surface area contributed by atoms with Crippen LogP contribution < -0.4 is 9.47 Å². The van der Waals surface area contributed by atoms with E-state index in [1.807, 2.05) is 6.07 Å². The fourth-order valence-corrected chi connectivity index (χ4v) is 1.67. The molecule has 0 radical (unpaired) electrons. The maximum absolute atomic E-state index is 11.5. The zero-order chi connectivity index (χ0) is 14.5. The number of ether oxygens (including phenoxy) is 2. The molecule has 20 heavy (non-hydrogen) atoms.